The van der Waals surface area contributed by atoms with Crippen molar-refractivity contribution in [2.75, 3.05) is 6.61 Å². The number of ether oxygens (including phenoxy) is 1. The highest BCUT2D eigenvalue weighted by atomic mass is 35.5. The van der Waals surface area contributed by atoms with Crippen molar-refractivity contribution >= 4 is 35.0 Å². The summed E-state index contributed by atoms with van der Waals surface area (Å²) in [6, 6.07) is 12.7. The molecule has 1 N–H and O–H groups in total. The molecule has 0 spiro atoms. The molecule has 3 rings (SSSR count). The van der Waals surface area contributed by atoms with Crippen molar-refractivity contribution in [1.29, 1.82) is 0 Å². The summed E-state index contributed by atoms with van der Waals surface area (Å²) in [5, 5.41) is 4.12. The first-order valence-corrected chi connectivity index (χ1v) is 12.9. The zero-order valence-corrected chi connectivity index (χ0v) is 21.5. The van der Waals surface area contributed by atoms with Gasteiger partial charge in [0.1, 0.15) is 11.8 Å². The lowest BCUT2D eigenvalue weighted by Crippen LogP contribution is -2.51. The average Bonchev–Trinajstić information content (AvgIpc) is 3.32. The molecule has 1 fully saturated rings. The quantitative estimate of drug-likeness (QED) is 0.363. The number of carbonyl (C=O) groups is 2. The van der Waals surface area contributed by atoms with Crippen LogP contribution < -0.4 is 10.1 Å². The van der Waals surface area contributed by atoms with Gasteiger partial charge in [0.15, 0.2) is 0 Å². The lowest BCUT2D eigenvalue weighted by Gasteiger charge is -2.32. The van der Waals surface area contributed by atoms with E-state index < -0.39 is 6.04 Å². The van der Waals surface area contributed by atoms with E-state index in [0.29, 0.717) is 35.1 Å². The summed E-state index contributed by atoms with van der Waals surface area (Å²) in [6.45, 7) is 4.55. The second kappa shape index (κ2) is 13.0. The molecule has 0 saturated heterocycles. The summed E-state index contributed by atoms with van der Waals surface area (Å²) in [4.78, 5) is 28.2. The number of nitrogens with one attached hydrogen (secondary N) is 1. The number of amides is 2. The van der Waals surface area contributed by atoms with Crippen molar-refractivity contribution in [3.8, 4) is 5.75 Å². The Hall–Kier alpha value is -2.24. The zero-order valence-electron chi connectivity index (χ0n) is 20.0. The molecule has 2 aromatic rings. The lowest BCUT2D eigenvalue weighted by atomic mass is 10.1. The molecule has 0 bridgehead atoms. The highest BCUT2D eigenvalue weighted by molar-refractivity contribution is 6.36. The Morgan fingerprint density at radius 1 is 1.09 bits per heavy atom. The first kappa shape index (κ1) is 26.4. The highest BCUT2D eigenvalue weighted by Gasteiger charge is 2.31. The van der Waals surface area contributed by atoms with Crippen LogP contribution >= 0.6 is 23.2 Å². The van der Waals surface area contributed by atoms with Gasteiger partial charge in [0, 0.05) is 34.6 Å². The topological polar surface area (TPSA) is 58.6 Å². The number of hydrogen-bond donors (Lipinski definition) is 1. The molecule has 2 amide bonds. The van der Waals surface area contributed by atoms with Crippen LogP contribution in [0.5, 0.6) is 5.75 Å². The molecule has 1 aliphatic rings. The average molecular weight is 505 g/mol. The van der Waals surface area contributed by atoms with E-state index in [2.05, 4.69) is 5.32 Å². The number of nitrogens with zero attached hydrogens (tertiary/aromatic N) is 1. The molecule has 1 saturated carbocycles. The normalized spacial score (nSPS) is 14.6. The Bertz CT molecular complexity index is 939. The molecule has 1 atom stereocenters. The van der Waals surface area contributed by atoms with Gasteiger partial charge < -0.3 is 15.0 Å². The summed E-state index contributed by atoms with van der Waals surface area (Å²) in [5.41, 5.74) is 1.82. The van der Waals surface area contributed by atoms with Crippen molar-refractivity contribution in [3.05, 3.63) is 63.6 Å². The van der Waals surface area contributed by atoms with Crippen molar-refractivity contribution in [3.63, 3.8) is 0 Å². The van der Waals surface area contributed by atoms with E-state index in [-0.39, 0.29) is 30.8 Å². The standard InChI is InChI=1S/C27H34Cl2N2O3/c1-3-25(27(33)30-20-8-4-5-9-20)31(18-22-23(28)10-6-11-24(22)29)26(32)12-7-17-34-21-15-13-19(2)14-16-21/h6,10-11,13-16,20,25H,3-5,7-9,12,17-18H2,1-2H3,(H,30,33)/t25-/m0/s1. The van der Waals surface area contributed by atoms with Gasteiger partial charge in [-0.1, -0.05) is 66.7 Å². The molecule has 0 aromatic heterocycles. The molecule has 184 valence electrons. The second-order valence-electron chi connectivity index (χ2n) is 8.90. The maximum atomic E-state index is 13.4. The molecule has 1 aliphatic carbocycles. The third-order valence-electron chi connectivity index (χ3n) is 6.30. The lowest BCUT2D eigenvalue weighted by molar-refractivity contribution is -0.141. The van der Waals surface area contributed by atoms with Crippen molar-refractivity contribution in [2.45, 2.75) is 77.4 Å². The Morgan fingerprint density at radius 3 is 2.35 bits per heavy atom. The molecule has 7 heteroatoms. The van der Waals surface area contributed by atoms with E-state index in [1.54, 1.807) is 23.1 Å². The fourth-order valence-corrected chi connectivity index (χ4v) is 4.85. The van der Waals surface area contributed by atoms with Gasteiger partial charge >= 0.3 is 0 Å². The maximum Gasteiger partial charge on any atom is 0.243 e. The number of halogens is 2. The SMILES string of the molecule is CC[C@@H](C(=O)NC1CCCC1)N(Cc1c(Cl)cccc1Cl)C(=O)CCCOc1ccc(C)cc1. The van der Waals surface area contributed by atoms with Crippen LogP contribution in [-0.4, -0.2) is 35.4 Å². The van der Waals surface area contributed by atoms with E-state index in [9.17, 15) is 9.59 Å². The Labute approximate surface area is 212 Å². The molecular formula is C27H34Cl2N2O3. The molecule has 34 heavy (non-hydrogen) atoms. The number of benzene rings is 2. The van der Waals surface area contributed by atoms with Gasteiger partial charge in [-0.15, -0.1) is 0 Å². The summed E-state index contributed by atoms with van der Waals surface area (Å²) >= 11 is 12.8. The number of aryl methyl sites for hydroxylation is 1. The predicted octanol–water partition coefficient (Wildman–Crippen LogP) is 6.33. The predicted molar refractivity (Wildman–Crippen MR) is 137 cm³/mol. The summed E-state index contributed by atoms with van der Waals surface area (Å²) in [5.74, 6) is 0.555. The van der Waals surface area contributed by atoms with Crippen molar-refractivity contribution in [1.82, 2.24) is 10.2 Å². The number of rotatable bonds is 11. The minimum Gasteiger partial charge on any atom is -0.494 e. The molecule has 0 radical (unpaired) electrons. The van der Waals surface area contributed by atoms with Crippen LogP contribution in [0.1, 0.15) is 63.0 Å². The van der Waals surface area contributed by atoms with Crippen LogP contribution in [0.15, 0.2) is 42.5 Å². The summed E-state index contributed by atoms with van der Waals surface area (Å²) in [7, 11) is 0. The molecular weight excluding hydrogens is 471 g/mol. The zero-order chi connectivity index (χ0) is 24.5. The van der Waals surface area contributed by atoms with Gasteiger partial charge in [-0.25, -0.2) is 0 Å². The minimum absolute atomic E-state index is 0.109. The number of carbonyl (C=O) groups excluding carboxylic acids is 2. The van der Waals surface area contributed by atoms with Crippen LogP contribution in [0.4, 0.5) is 0 Å². The molecule has 0 aliphatic heterocycles. The Morgan fingerprint density at radius 2 is 1.74 bits per heavy atom. The first-order valence-electron chi connectivity index (χ1n) is 12.1. The Balaban J connectivity index is 1.69. The largest absolute Gasteiger partial charge is 0.494 e. The van der Waals surface area contributed by atoms with Crippen LogP contribution in [0.3, 0.4) is 0 Å². The van der Waals surface area contributed by atoms with E-state index in [0.717, 1.165) is 37.0 Å². The van der Waals surface area contributed by atoms with Crippen LogP contribution in [0, 0.1) is 6.92 Å². The first-order chi connectivity index (χ1) is 16.4. The molecule has 0 heterocycles. The van der Waals surface area contributed by atoms with E-state index in [4.69, 9.17) is 27.9 Å². The second-order valence-corrected chi connectivity index (χ2v) is 9.72. The van der Waals surface area contributed by atoms with Crippen LogP contribution in [0.2, 0.25) is 10.0 Å². The molecule has 2 aromatic carbocycles. The Kier molecular flexibility index (Phi) is 10.1. The van der Waals surface area contributed by atoms with Gasteiger partial charge in [0.05, 0.1) is 6.61 Å². The maximum absolute atomic E-state index is 13.4. The number of hydrogen-bond acceptors (Lipinski definition) is 3. The third-order valence-corrected chi connectivity index (χ3v) is 7.01. The highest BCUT2D eigenvalue weighted by Crippen LogP contribution is 2.28. The van der Waals surface area contributed by atoms with Crippen molar-refractivity contribution in [2.24, 2.45) is 0 Å². The van der Waals surface area contributed by atoms with E-state index >= 15 is 0 Å². The van der Waals surface area contributed by atoms with Crippen LogP contribution in [-0.2, 0) is 16.1 Å². The van der Waals surface area contributed by atoms with E-state index in [1.807, 2.05) is 38.1 Å². The fraction of sp³-hybridized carbons (Fsp3) is 0.481. The van der Waals surface area contributed by atoms with Gasteiger partial charge in [-0.2, -0.15) is 0 Å². The van der Waals surface area contributed by atoms with Gasteiger partial charge in [0.2, 0.25) is 11.8 Å². The van der Waals surface area contributed by atoms with Gasteiger partial charge in [0.25, 0.3) is 0 Å². The summed E-state index contributed by atoms with van der Waals surface area (Å²) in [6.07, 6.45) is 5.54. The van der Waals surface area contributed by atoms with Gasteiger partial charge in [-0.3, -0.25) is 9.59 Å². The minimum atomic E-state index is -0.585. The molecule has 5 nitrogen and oxygen atoms in total. The summed E-state index contributed by atoms with van der Waals surface area (Å²) < 4.78 is 5.78. The van der Waals surface area contributed by atoms with Gasteiger partial charge in [-0.05, 0) is 56.9 Å². The fourth-order valence-electron chi connectivity index (χ4n) is 4.33. The van der Waals surface area contributed by atoms with Crippen LogP contribution in [0.25, 0.3) is 0 Å². The van der Waals surface area contributed by atoms with Crippen molar-refractivity contribution < 1.29 is 14.3 Å². The molecule has 0 unspecified atom stereocenters. The third kappa shape index (κ3) is 7.38. The van der Waals surface area contributed by atoms with E-state index in [1.165, 1.54) is 0 Å². The monoisotopic (exact) mass is 504 g/mol. The smallest absolute Gasteiger partial charge is 0.243 e.